The summed E-state index contributed by atoms with van der Waals surface area (Å²) in [7, 11) is -3.58. The van der Waals surface area contributed by atoms with Gasteiger partial charge in [-0.15, -0.1) is 0 Å². The summed E-state index contributed by atoms with van der Waals surface area (Å²) >= 11 is 0. The molecule has 1 unspecified atom stereocenters. The van der Waals surface area contributed by atoms with E-state index >= 15 is 0 Å². The lowest BCUT2D eigenvalue weighted by Gasteiger charge is -2.37. The molecule has 2 amide bonds. The summed E-state index contributed by atoms with van der Waals surface area (Å²) in [5, 5.41) is 18.4. The maximum atomic E-state index is 14.1. The maximum Gasteiger partial charge on any atom is 0.416 e. The highest BCUT2D eigenvalue weighted by atomic mass is 32.2. The number of halogens is 3. The highest BCUT2D eigenvalue weighted by molar-refractivity contribution is 7.88. The number of hydrogen-bond donors (Lipinski definition) is 2. The van der Waals surface area contributed by atoms with Crippen LogP contribution in [0.3, 0.4) is 0 Å². The minimum atomic E-state index is -4.70. The number of amides is 2. The summed E-state index contributed by atoms with van der Waals surface area (Å²) < 4.78 is 70.2. The fourth-order valence-corrected chi connectivity index (χ4v) is 7.87. The Morgan fingerprint density at radius 3 is 2.51 bits per heavy atom. The van der Waals surface area contributed by atoms with Gasteiger partial charge in [0.25, 0.3) is 5.91 Å². The number of pyridine rings is 1. The third kappa shape index (κ3) is 7.97. The fourth-order valence-electron chi connectivity index (χ4n) is 7.08. The molecule has 0 aliphatic carbocycles. The molecule has 5 heterocycles. The molecule has 1 aromatic carbocycles. The van der Waals surface area contributed by atoms with Crippen molar-refractivity contribution in [3.05, 3.63) is 70.7 Å². The molecule has 2 saturated heterocycles. The van der Waals surface area contributed by atoms with Gasteiger partial charge in [-0.2, -0.15) is 22.6 Å². The smallest absolute Gasteiger partial charge is 0.390 e. The van der Waals surface area contributed by atoms with Gasteiger partial charge in [-0.3, -0.25) is 19.3 Å². The van der Waals surface area contributed by atoms with E-state index in [1.807, 2.05) is 4.90 Å². The Balaban J connectivity index is 1.24. The van der Waals surface area contributed by atoms with Crippen LogP contribution < -0.4 is 5.32 Å². The second-order valence-corrected chi connectivity index (χ2v) is 14.9. The Kier molecular flexibility index (Phi) is 10.1. The molecule has 2 fully saturated rings. The van der Waals surface area contributed by atoms with Gasteiger partial charge >= 0.3 is 6.18 Å². The largest absolute Gasteiger partial charge is 0.416 e. The van der Waals surface area contributed by atoms with Gasteiger partial charge in [-0.25, -0.2) is 8.42 Å². The Bertz CT molecular complexity index is 1790. The normalized spacial score (nSPS) is 18.9. The van der Waals surface area contributed by atoms with Crippen molar-refractivity contribution in [3.63, 3.8) is 0 Å². The highest BCUT2D eigenvalue weighted by Gasteiger charge is 2.36. The number of benzene rings is 1. The van der Waals surface area contributed by atoms with E-state index in [1.165, 1.54) is 28.7 Å². The molecule has 2 aromatic heterocycles. The molecule has 0 saturated carbocycles. The van der Waals surface area contributed by atoms with Gasteiger partial charge in [0.1, 0.15) is 5.69 Å². The molecule has 49 heavy (non-hydrogen) atoms. The number of hydrogen-bond acceptors (Lipinski definition) is 8. The van der Waals surface area contributed by atoms with Crippen molar-refractivity contribution in [1.82, 2.24) is 34.2 Å². The minimum Gasteiger partial charge on any atom is -0.390 e. The van der Waals surface area contributed by atoms with Crippen molar-refractivity contribution in [2.24, 2.45) is 0 Å². The van der Waals surface area contributed by atoms with E-state index < -0.39 is 40.3 Å². The average molecular weight is 704 g/mol. The van der Waals surface area contributed by atoms with Crippen LogP contribution in [0.2, 0.25) is 0 Å². The Hall–Kier alpha value is -3.86. The van der Waals surface area contributed by atoms with Crippen LogP contribution in [0.15, 0.2) is 42.6 Å². The van der Waals surface area contributed by atoms with E-state index in [9.17, 15) is 36.3 Å². The number of carbonyl (C=O) groups excluding carboxylic acids is 2. The molecule has 0 spiro atoms. The first-order valence-electron chi connectivity index (χ1n) is 16.4. The number of β-amino-alcohol motifs (C(OH)–C–C–N with tert-alkyl or cyclic N) is 1. The molecule has 2 N–H and O–H groups in total. The zero-order valence-corrected chi connectivity index (χ0v) is 28.0. The fraction of sp³-hybridized carbons (Fsp3) is 0.515. The molecule has 3 aliphatic heterocycles. The summed E-state index contributed by atoms with van der Waals surface area (Å²) in [6, 6.07) is 8.45. The summed E-state index contributed by atoms with van der Waals surface area (Å²) in [4.78, 5) is 32.9. The van der Waals surface area contributed by atoms with Crippen molar-refractivity contribution >= 4 is 21.8 Å². The van der Waals surface area contributed by atoms with Crippen LogP contribution in [0.4, 0.5) is 13.2 Å². The second kappa shape index (κ2) is 14.2. The number of likely N-dealkylation sites (tertiary alicyclic amines) is 2. The van der Waals surface area contributed by atoms with Crippen molar-refractivity contribution in [2.75, 3.05) is 39.0 Å². The number of piperidine rings is 1. The van der Waals surface area contributed by atoms with Gasteiger partial charge in [0.15, 0.2) is 0 Å². The lowest BCUT2D eigenvalue weighted by molar-refractivity contribution is -0.138. The minimum absolute atomic E-state index is 0.0188. The molecule has 3 aliphatic rings. The molecule has 6 rings (SSSR count). The van der Waals surface area contributed by atoms with Gasteiger partial charge in [0.05, 0.1) is 30.2 Å². The molecular formula is C33H40F3N7O5S. The van der Waals surface area contributed by atoms with Crippen LogP contribution >= 0.6 is 0 Å². The van der Waals surface area contributed by atoms with Crippen molar-refractivity contribution in [3.8, 4) is 11.3 Å². The number of nitrogens with one attached hydrogen (secondary N) is 1. The molecule has 3 aromatic rings. The SMILES string of the molecule is CS(=O)(=O)N1CCc2c(c(-c3ccc(C(F)(F)F)c(CNC(=O)c4ccccn4)c3)nn2CC(O)CN2CCC(N3CCCC3=O)CC2)C1. The van der Waals surface area contributed by atoms with Crippen LogP contribution in [0.5, 0.6) is 0 Å². The zero-order valence-electron chi connectivity index (χ0n) is 27.2. The number of fused-ring (bicyclic) bond motifs is 1. The number of sulfonamides is 1. The summed E-state index contributed by atoms with van der Waals surface area (Å²) in [6.07, 6.45) is 0.477. The summed E-state index contributed by atoms with van der Waals surface area (Å²) in [6.45, 7) is 2.52. The Labute approximate surface area is 282 Å². The molecule has 16 heteroatoms. The molecule has 264 valence electrons. The monoisotopic (exact) mass is 703 g/mol. The Morgan fingerprint density at radius 2 is 1.86 bits per heavy atom. The number of aliphatic hydroxyl groups excluding tert-OH is 1. The number of carbonyl (C=O) groups is 2. The van der Waals surface area contributed by atoms with Gasteiger partial charge in [-0.1, -0.05) is 12.1 Å². The first-order chi connectivity index (χ1) is 23.3. The highest BCUT2D eigenvalue weighted by Crippen LogP contribution is 2.37. The summed E-state index contributed by atoms with van der Waals surface area (Å²) in [5.41, 5.74) is 0.870. The van der Waals surface area contributed by atoms with Gasteiger partial charge in [-0.05, 0) is 49.1 Å². The first-order valence-corrected chi connectivity index (χ1v) is 18.3. The predicted molar refractivity (Wildman–Crippen MR) is 173 cm³/mol. The van der Waals surface area contributed by atoms with Crippen LogP contribution in [-0.4, -0.2) is 105 Å². The average Bonchev–Trinajstić information content (AvgIpc) is 3.66. The van der Waals surface area contributed by atoms with E-state index in [0.717, 1.165) is 51.2 Å². The van der Waals surface area contributed by atoms with Crippen LogP contribution in [-0.2, 0) is 47.0 Å². The number of alkyl halides is 3. The maximum absolute atomic E-state index is 14.1. The third-order valence-corrected chi connectivity index (χ3v) is 10.8. The third-order valence-electron chi connectivity index (χ3n) is 9.55. The lowest BCUT2D eigenvalue weighted by atomic mass is 9.97. The van der Waals surface area contributed by atoms with Crippen LogP contribution in [0.25, 0.3) is 11.3 Å². The Morgan fingerprint density at radius 1 is 1.08 bits per heavy atom. The van der Waals surface area contributed by atoms with Gasteiger partial charge in [0.2, 0.25) is 15.9 Å². The van der Waals surface area contributed by atoms with E-state index in [1.54, 1.807) is 16.8 Å². The molecule has 1 atom stereocenters. The standard InChI is InChI=1S/C33H40F3N7O5S/c1-49(47,48)41-16-11-29-26(21-41)31(39-43(29)20-25(44)19-40-14-9-24(10-15-40)42-13-4-6-30(42)45)22-7-8-27(33(34,35)36)23(17-22)18-38-32(46)28-5-2-3-12-37-28/h2-3,5,7-8,12,17,24-25,44H,4,6,9-11,13-16,18-21H2,1H3,(H,38,46). The number of aliphatic hydroxyl groups is 1. The molecule has 12 nitrogen and oxygen atoms in total. The lowest BCUT2D eigenvalue weighted by Crippen LogP contribution is -2.47. The summed E-state index contributed by atoms with van der Waals surface area (Å²) in [5.74, 6) is -0.422. The van der Waals surface area contributed by atoms with Crippen LogP contribution in [0, 0.1) is 0 Å². The van der Waals surface area contributed by atoms with E-state index in [-0.39, 0.29) is 42.8 Å². The number of nitrogens with zero attached hydrogens (tertiary/aromatic N) is 6. The molecule has 0 radical (unpaired) electrons. The van der Waals surface area contributed by atoms with Gasteiger partial charge in [0, 0.05) is 87.7 Å². The number of aromatic nitrogens is 3. The molecule has 0 bridgehead atoms. The van der Waals surface area contributed by atoms with Gasteiger partial charge < -0.3 is 20.2 Å². The van der Waals surface area contributed by atoms with Crippen LogP contribution in [0.1, 0.15) is 58.6 Å². The van der Waals surface area contributed by atoms with Crippen molar-refractivity contribution in [1.29, 1.82) is 0 Å². The first kappa shape index (κ1) is 35.0. The van der Waals surface area contributed by atoms with E-state index in [0.29, 0.717) is 41.9 Å². The van der Waals surface area contributed by atoms with Crippen molar-refractivity contribution < 1.29 is 36.3 Å². The second-order valence-electron chi connectivity index (χ2n) is 12.9. The number of rotatable bonds is 10. The zero-order chi connectivity index (χ0) is 34.9. The predicted octanol–water partition coefficient (Wildman–Crippen LogP) is 2.66. The quantitative estimate of drug-likeness (QED) is 0.329. The van der Waals surface area contributed by atoms with E-state index in [2.05, 4.69) is 15.2 Å². The topological polar surface area (TPSA) is 141 Å². The van der Waals surface area contributed by atoms with Crippen molar-refractivity contribution in [2.45, 2.75) is 70.1 Å². The molecular weight excluding hydrogens is 663 g/mol. The van der Waals surface area contributed by atoms with E-state index in [4.69, 9.17) is 5.10 Å².